The molecular weight excluding hydrogens is 376 g/mol. The molecule has 2 rings (SSSR count). The topological polar surface area (TPSA) is 58.6 Å². The molecule has 2 amide bonds. The summed E-state index contributed by atoms with van der Waals surface area (Å²) >= 11 is 0. The van der Waals surface area contributed by atoms with Crippen LogP contribution in [0.3, 0.4) is 0 Å². The molecule has 0 aromatic heterocycles. The number of carbonyl (C=O) groups is 2. The van der Waals surface area contributed by atoms with Gasteiger partial charge in [-0.1, -0.05) is 50.2 Å². The summed E-state index contributed by atoms with van der Waals surface area (Å²) < 4.78 is 5.91. The molecular formula is C25H34N2O3. The van der Waals surface area contributed by atoms with Crippen LogP contribution in [0.2, 0.25) is 0 Å². The van der Waals surface area contributed by atoms with Crippen molar-refractivity contribution in [2.45, 2.75) is 60.0 Å². The quantitative estimate of drug-likeness (QED) is 0.634. The number of carbonyl (C=O) groups excluding carboxylic acids is 2. The molecule has 2 aromatic rings. The van der Waals surface area contributed by atoms with Crippen LogP contribution in [-0.4, -0.2) is 35.9 Å². The van der Waals surface area contributed by atoms with Gasteiger partial charge in [-0.3, -0.25) is 9.59 Å². The number of benzene rings is 2. The Balaban J connectivity index is 2.22. The van der Waals surface area contributed by atoms with Gasteiger partial charge in [0.2, 0.25) is 5.91 Å². The maximum atomic E-state index is 13.2. The normalized spacial score (nSPS) is 11.6. The SMILES string of the molecule is CCCNC(=O)[C@@H](CC)N(Cc1ccccc1)C(=O)COc1cc(C)cc(C)c1C. The van der Waals surface area contributed by atoms with Crippen LogP contribution in [0.1, 0.15) is 48.9 Å². The lowest BCUT2D eigenvalue weighted by atomic mass is 10.1. The summed E-state index contributed by atoms with van der Waals surface area (Å²) in [4.78, 5) is 27.6. The Kier molecular flexibility index (Phi) is 8.90. The van der Waals surface area contributed by atoms with Gasteiger partial charge in [0.25, 0.3) is 5.91 Å². The summed E-state index contributed by atoms with van der Waals surface area (Å²) in [5, 5.41) is 2.93. The molecule has 0 unspecified atom stereocenters. The summed E-state index contributed by atoms with van der Waals surface area (Å²) in [6, 6.07) is 13.2. The average Bonchev–Trinajstić information content (AvgIpc) is 2.74. The lowest BCUT2D eigenvalue weighted by molar-refractivity contribution is -0.143. The molecule has 0 radical (unpaired) electrons. The first-order chi connectivity index (χ1) is 14.4. The van der Waals surface area contributed by atoms with Crippen molar-refractivity contribution in [2.75, 3.05) is 13.2 Å². The average molecular weight is 411 g/mol. The van der Waals surface area contributed by atoms with E-state index in [2.05, 4.69) is 11.4 Å². The lowest BCUT2D eigenvalue weighted by Gasteiger charge is -2.30. The third kappa shape index (κ3) is 6.34. The molecule has 1 atom stereocenters. The van der Waals surface area contributed by atoms with Gasteiger partial charge in [0, 0.05) is 13.1 Å². The molecule has 0 heterocycles. The van der Waals surface area contributed by atoms with Crippen molar-refractivity contribution in [3.05, 3.63) is 64.7 Å². The van der Waals surface area contributed by atoms with Gasteiger partial charge in [-0.2, -0.15) is 0 Å². The minimum Gasteiger partial charge on any atom is -0.483 e. The predicted molar refractivity (Wildman–Crippen MR) is 121 cm³/mol. The number of amides is 2. The minimum absolute atomic E-state index is 0.103. The molecule has 0 spiro atoms. The number of aryl methyl sites for hydroxylation is 2. The molecule has 5 heteroatoms. The highest BCUT2D eigenvalue weighted by atomic mass is 16.5. The second kappa shape index (κ2) is 11.4. The van der Waals surface area contributed by atoms with Crippen molar-refractivity contribution in [1.29, 1.82) is 0 Å². The second-order valence-electron chi connectivity index (χ2n) is 7.72. The van der Waals surface area contributed by atoms with Gasteiger partial charge in [-0.15, -0.1) is 0 Å². The third-order valence-electron chi connectivity index (χ3n) is 5.25. The number of rotatable bonds is 10. The molecule has 0 saturated carbocycles. The van der Waals surface area contributed by atoms with Crippen LogP contribution in [0.5, 0.6) is 5.75 Å². The molecule has 0 aliphatic heterocycles. The van der Waals surface area contributed by atoms with Crippen LogP contribution < -0.4 is 10.1 Å². The van der Waals surface area contributed by atoms with E-state index in [-0.39, 0.29) is 18.4 Å². The summed E-state index contributed by atoms with van der Waals surface area (Å²) in [5.74, 6) is 0.395. The molecule has 0 aliphatic carbocycles. The van der Waals surface area contributed by atoms with Crippen molar-refractivity contribution in [3.63, 3.8) is 0 Å². The summed E-state index contributed by atoms with van der Waals surface area (Å²) in [6.07, 6.45) is 1.39. The Bertz CT molecular complexity index is 849. The van der Waals surface area contributed by atoms with Crippen molar-refractivity contribution >= 4 is 11.8 Å². The van der Waals surface area contributed by atoms with Gasteiger partial charge in [0.15, 0.2) is 6.61 Å². The highest BCUT2D eigenvalue weighted by Gasteiger charge is 2.28. The van der Waals surface area contributed by atoms with Crippen molar-refractivity contribution in [3.8, 4) is 5.75 Å². The van der Waals surface area contributed by atoms with Crippen LogP contribution in [0, 0.1) is 20.8 Å². The smallest absolute Gasteiger partial charge is 0.261 e. The highest BCUT2D eigenvalue weighted by Crippen LogP contribution is 2.23. The first-order valence-corrected chi connectivity index (χ1v) is 10.7. The molecule has 1 N–H and O–H groups in total. The summed E-state index contributed by atoms with van der Waals surface area (Å²) in [5.41, 5.74) is 4.22. The molecule has 30 heavy (non-hydrogen) atoms. The van der Waals surface area contributed by atoms with E-state index in [4.69, 9.17) is 4.74 Å². The van der Waals surface area contributed by atoms with Gasteiger partial charge >= 0.3 is 0 Å². The van der Waals surface area contributed by atoms with E-state index < -0.39 is 6.04 Å². The van der Waals surface area contributed by atoms with E-state index >= 15 is 0 Å². The van der Waals surface area contributed by atoms with Gasteiger partial charge in [-0.05, 0) is 61.9 Å². The van der Waals surface area contributed by atoms with Gasteiger partial charge in [0.05, 0.1) is 0 Å². The zero-order valence-corrected chi connectivity index (χ0v) is 18.8. The maximum Gasteiger partial charge on any atom is 0.261 e. The Morgan fingerprint density at radius 1 is 1.07 bits per heavy atom. The van der Waals surface area contributed by atoms with Crippen LogP contribution in [0.15, 0.2) is 42.5 Å². The van der Waals surface area contributed by atoms with Crippen molar-refractivity contribution in [1.82, 2.24) is 10.2 Å². The number of hydrogen-bond acceptors (Lipinski definition) is 3. The molecule has 0 bridgehead atoms. The molecule has 162 valence electrons. The number of ether oxygens (including phenoxy) is 1. The number of nitrogens with one attached hydrogen (secondary N) is 1. The van der Waals surface area contributed by atoms with E-state index in [0.29, 0.717) is 25.3 Å². The first-order valence-electron chi connectivity index (χ1n) is 10.7. The Morgan fingerprint density at radius 2 is 1.77 bits per heavy atom. The van der Waals surface area contributed by atoms with Gasteiger partial charge in [0.1, 0.15) is 11.8 Å². The van der Waals surface area contributed by atoms with Crippen LogP contribution in [0.25, 0.3) is 0 Å². The standard InChI is InChI=1S/C25H34N2O3/c1-6-13-26-25(29)22(7-2)27(16-21-11-9-8-10-12-21)24(28)17-30-23-15-18(3)14-19(4)20(23)5/h8-12,14-15,22H,6-7,13,16-17H2,1-5H3,(H,26,29)/t22-/m1/s1. The molecule has 0 aliphatic rings. The Morgan fingerprint density at radius 3 is 2.40 bits per heavy atom. The molecule has 5 nitrogen and oxygen atoms in total. The van der Waals surface area contributed by atoms with E-state index in [1.54, 1.807) is 4.90 Å². The fourth-order valence-electron chi connectivity index (χ4n) is 3.44. The van der Waals surface area contributed by atoms with Gasteiger partial charge < -0.3 is 15.0 Å². The zero-order chi connectivity index (χ0) is 22.1. The van der Waals surface area contributed by atoms with Gasteiger partial charge in [-0.25, -0.2) is 0 Å². The second-order valence-corrected chi connectivity index (χ2v) is 7.72. The van der Waals surface area contributed by atoms with E-state index in [1.165, 1.54) is 0 Å². The Hall–Kier alpha value is -2.82. The lowest BCUT2D eigenvalue weighted by Crippen LogP contribution is -2.50. The van der Waals surface area contributed by atoms with Crippen molar-refractivity contribution in [2.24, 2.45) is 0 Å². The molecule has 0 fully saturated rings. The zero-order valence-electron chi connectivity index (χ0n) is 18.8. The van der Waals surface area contributed by atoms with Crippen LogP contribution in [-0.2, 0) is 16.1 Å². The van der Waals surface area contributed by atoms with E-state index in [0.717, 1.165) is 28.7 Å². The maximum absolute atomic E-state index is 13.2. The monoisotopic (exact) mass is 410 g/mol. The Labute approximate surface area is 180 Å². The number of hydrogen-bond donors (Lipinski definition) is 1. The highest BCUT2D eigenvalue weighted by molar-refractivity contribution is 5.88. The molecule has 0 saturated heterocycles. The predicted octanol–water partition coefficient (Wildman–Crippen LogP) is 4.32. The van der Waals surface area contributed by atoms with Crippen LogP contribution >= 0.6 is 0 Å². The number of nitrogens with zero attached hydrogens (tertiary/aromatic N) is 1. The van der Waals surface area contributed by atoms with Crippen LogP contribution in [0.4, 0.5) is 0 Å². The van der Waals surface area contributed by atoms with Crippen molar-refractivity contribution < 1.29 is 14.3 Å². The largest absolute Gasteiger partial charge is 0.483 e. The molecule has 2 aromatic carbocycles. The van der Waals surface area contributed by atoms with E-state index in [1.807, 2.05) is 71.0 Å². The fraction of sp³-hybridized carbons (Fsp3) is 0.440. The minimum atomic E-state index is -0.534. The summed E-state index contributed by atoms with van der Waals surface area (Å²) in [6.45, 7) is 10.8. The third-order valence-corrected chi connectivity index (χ3v) is 5.25. The fourth-order valence-corrected chi connectivity index (χ4v) is 3.44. The van der Waals surface area contributed by atoms with E-state index in [9.17, 15) is 9.59 Å². The summed E-state index contributed by atoms with van der Waals surface area (Å²) in [7, 11) is 0. The first kappa shape index (κ1) is 23.5.